The van der Waals surface area contributed by atoms with Gasteiger partial charge < -0.3 is 9.80 Å². The molecule has 24 heavy (non-hydrogen) atoms. The maximum Gasteiger partial charge on any atom is 0.0672 e. The number of hydrogen-bond donors (Lipinski definition) is 0. The summed E-state index contributed by atoms with van der Waals surface area (Å²) in [4.78, 5) is 9.65. The monoisotopic (exact) mass is 339 g/mol. The first kappa shape index (κ1) is 15.7. The van der Waals surface area contributed by atoms with Crippen molar-refractivity contribution in [1.82, 2.24) is 4.90 Å². The molecule has 0 radical (unpaired) electrons. The van der Waals surface area contributed by atoms with E-state index in [-0.39, 0.29) is 0 Å². The summed E-state index contributed by atoms with van der Waals surface area (Å²) in [6.45, 7) is 6.48. The Bertz CT molecular complexity index is 787. The van der Waals surface area contributed by atoms with Crippen LogP contribution in [-0.4, -0.2) is 43.8 Å². The van der Waals surface area contributed by atoms with E-state index in [1.54, 1.807) is 0 Å². The van der Waals surface area contributed by atoms with Crippen LogP contribution in [-0.2, 0) is 6.42 Å². The van der Waals surface area contributed by atoms with Crippen LogP contribution < -0.4 is 4.90 Å². The zero-order valence-electron chi connectivity index (χ0n) is 14.2. The quantitative estimate of drug-likeness (QED) is 0.821. The van der Waals surface area contributed by atoms with Gasteiger partial charge in [-0.25, -0.2) is 0 Å². The molecular weight excluding hydrogens is 318 g/mol. The second kappa shape index (κ2) is 6.23. The highest BCUT2D eigenvalue weighted by Gasteiger charge is 2.18. The van der Waals surface area contributed by atoms with E-state index in [4.69, 9.17) is 16.6 Å². The smallest absolute Gasteiger partial charge is 0.0672 e. The van der Waals surface area contributed by atoms with E-state index in [2.05, 4.69) is 53.2 Å². The molecule has 2 aromatic rings. The first-order valence-electron chi connectivity index (χ1n) is 8.51. The Balaban J connectivity index is 1.53. The summed E-state index contributed by atoms with van der Waals surface area (Å²) in [6.07, 6.45) is 0.864. The molecular formula is C20H22ClN3. The van der Waals surface area contributed by atoms with Gasteiger partial charge in [-0.2, -0.15) is 0 Å². The number of rotatable bonds is 2. The number of piperazine rings is 1. The summed E-state index contributed by atoms with van der Waals surface area (Å²) in [5.74, 6) is 0. The van der Waals surface area contributed by atoms with Crippen molar-refractivity contribution in [2.75, 3.05) is 38.1 Å². The Morgan fingerprint density at radius 1 is 1.00 bits per heavy atom. The molecule has 0 bridgehead atoms. The molecule has 2 heterocycles. The third-order valence-corrected chi connectivity index (χ3v) is 5.45. The van der Waals surface area contributed by atoms with E-state index < -0.39 is 0 Å². The molecule has 3 nitrogen and oxygen atoms in total. The van der Waals surface area contributed by atoms with E-state index in [9.17, 15) is 0 Å². The largest absolute Gasteiger partial charge is 0.369 e. The van der Waals surface area contributed by atoms with Crippen LogP contribution in [0.2, 0.25) is 5.02 Å². The molecule has 0 spiro atoms. The van der Waals surface area contributed by atoms with Crippen molar-refractivity contribution in [3.63, 3.8) is 0 Å². The van der Waals surface area contributed by atoms with Crippen LogP contribution >= 0.6 is 11.6 Å². The highest BCUT2D eigenvalue weighted by molar-refractivity contribution is 6.31. The summed E-state index contributed by atoms with van der Waals surface area (Å²) in [7, 11) is 2.18. The summed E-state index contributed by atoms with van der Waals surface area (Å²) in [5, 5.41) is 0.829. The molecule has 4 rings (SSSR count). The zero-order chi connectivity index (χ0) is 16.7. The van der Waals surface area contributed by atoms with Crippen LogP contribution in [0.1, 0.15) is 16.7 Å². The average molecular weight is 340 g/mol. The minimum absolute atomic E-state index is 0.829. The van der Waals surface area contributed by atoms with Crippen LogP contribution in [0.15, 0.2) is 41.4 Å². The molecule has 1 saturated heterocycles. The number of nitrogens with zero attached hydrogens (tertiary/aromatic N) is 3. The van der Waals surface area contributed by atoms with E-state index in [1.807, 2.05) is 6.92 Å². The standard InChI is InChI=1S/C20H22ClN3/c1-14-11-19-16(12-18(14)21)13-20(22-19)15-3-5-17(6-4-15)24-9-7-23(2)8-10-24/h3-6,11-12H,7-10,13H2,1-2H3. The van der Waals surface area contributed by atoms with Gasteiger partial charge in [0.2, 0.25) is 0 Å². The number of anilines is 1. The molecule has 0 aromatic heterocycles. The number of aliphatic imine (C=N–C) groups is 1. The lowest BCUT2D eigenvalue weighted by Crippen LogP contribution is -2.44. The van der Waals surface area contributed by atoms with Gasteiger partial charge >= 0.3 is 0 Å². The number of likely N-dealkylation sites (N-methyl/N-ethyl adjacent to an activating group) is 1. The summed E-state index contributed by atoms with van der Waals surface area (Å²) >= 11 is 6.24. The minimum Gasteiger partial charge on any atom is -0.369 e. The summed E-state index contributed by atoms with van der Waals surface area (Å²) in [5.41, 5.74) is 7.03. The number of hydrogen-bond acceptors (Lipinski definition) is 3. The van der Waals surface area contributed by atoms with Crippen LogP contribution in [0.4, 0.5) is 11.4 Å². The molecule has 0 atom stereocenters. The molecule has 2 aliphatic heterocycles. The van der Waals surface area contributed by atoms with Gasteiger partial charge in [0, 0.05) is 43.3 Å². The molecule has 2 aromatic carbocycles. The van der Waals surface area contributed by atoms with Crippen LogP contribution in [0.3, 0.4) is 0 Å². The number of aryl methyl sites for hydroxylation is 1. The van der Waals surface area contributed by atoms with Crippen molar-refractivity contribution >= 4 is 28.7 Å². The number of benzene rings is 2. The molecule has 0 unspecified atom stereocenters. The third kappa shape index (κ3) is 2.94. The van der Waals surface area contributed by atoms with Gasteiger partial charge in [-0.3, -0.25) is 4.99 Å². The summed E-state index contributed by atoms with van der Waals surface area (Å²) in [6, 6.07) is 13.0. The molecule has 4 heteroatoms. The van der Waals surface area contributed by atoms with E-state index >= 15 is 0 Å². The highest BCUT2D eigenvalue weighted by Crippen LogP contribution is 2.33. The predicted molar refractivity (Wildman–Crippen MR) is 102 cm³/mol. The fourth-order valence-electron chi connectivity index (χ4n) is 3.41. The first-order valence-corrected chi connectivity index (χ1v) is 8.88. The minimum atomic E-state index is 0.829. The van der Waals surface area contributed by atoms with Gasteiger partial charge in [-0.15, -0.1) is 0 Å². The second-order valence-electron chi connectivity index (χ2n) is 6.80. The van der Waals surface area contributed by atoms with Gasteiger partial charge in [0.25, 0.3) is 0 Å². The molecule has 2 aliphatic rings. The fraction of sp³-hybridized carbons (Fsp3) is 0.350. The average Bonchev–Trinajstić information content (AvgIpc) is 2.99. The first-order chi connectivity index (χ1) is 11.6. The van der Waals surface area contributed by atoms with Crippen LogP contribution in [0.5, 0.6) is 0 Å². The molecule has 1 fully saturated rings. The number of halogens is 1. The third-order valence-electron chi connectivity index (χ3n) is 5.04. The van der Waals surface area contributed by atoms with E-state index in [0.717, 1.165) is 54.6 Å². The van der Waals surface area contributed by atoms with Crippen molar-refractivity contribution in [1.29, 1.82) is 0 Å². The summed E-state index contributed by atoms with van der Waals surface area (Å²) < 4.78 is 0. The predicted octanol–water partition coefficient (Wildman–Crippen LogP) is 4.08. The van der Waals surface area contributed by atoms with Crippen molar-refractivity contribution in [3.8, 4) is 0 Å². The molecule has 0 saturated carbocycles. The molecule has 0 amide bonds. The molecule has 0 aliphatic carbocycles. The Kier molecular flexibility index (Phi) is 4.07. The van der Waals surface area contributed by atoms with Crippen LogP contribution in [0, 0.1) is 6.92 Å². The lowest BCUT2D eigenvalue weighted by Gasteiger charge is -2.34. The molecule has 124 valence electrons. The van der Waals surface area contributed by atoms with Crippen molar-refractivity contribution in [2.45, 2.75) is 13.3 Å². The lowest BCUT2D eigenvalue weighted by atomic mass is 10.0. The Hall–Kier alpha value is -1.84. The Morgan fingerprint density at radius 3 is 2.42 bits per heavy atom. The Morgan fingerprint density at radius 2 is 1.71 bits per heavy atom. The van der Waals surface area contributed by atoms with Gasteiger partial charge in [0.15, 0.2) is 0 Å². The van der Waals surface area contributed by atoms with Crippen LogP contribution in [0.25, 0.3) is 0 Å². The maximum atomic E-state index is 6.24. The normalized spacial score (nSPS) is 17.8. The zero-order valence-corrected chi connectivity index (χ0v) is 15.0. The number of fused-ring (bicyclic) bond motifs is 1. The van der Waals surface area contributed by atoms with Gasteiger partial charge in [-0.05, 0) is 54.9 Å². The topological polar surface area (TPSA) is 18.8 Å². The van der Waals surface area contributed by atoms with Crippen molar-refractivity contribution in [3.05, 3.63) is 58.1 Å². The maximum absolute atomic E-state index is 6.24. The van der Waals surface area contributed by atoms with E-state index in [0.29, 0.717) is 0 Å². The molecule has 0 N–H and O–H groups in total. The van der Waals surface area contributed by atoms with Gasteiger partial charge in [0.05, 0.1) is 11.4 Å². The van der Waals surface area contributed by atoms with Gasteiger partial charge in [-0.1, -0.05) is 23.7 Å². The highest BCUT2D eigenvalue weighted by atomic mass is 35.5. The van der Waals surface area contributed by atoms with Crippen molar-refractivity contribution in [2.24, 2.45) is 4.99 Å². The second-order valence-corrected chi connectivity index (χ2v) is 7.21. The van der Waals surface area contributed by atoms with Crippen molar-refractivity contribution < 1.29 is 0 Å². The van der Waals surface area contributed by atoms with Gasteiger partial charge in [0.1, 0.15) is 0 Å². The van der Waals surface area contributed by atoms with E-state index in [1.165, 1.54) is 16.8 Å². The fourth-order valence-corrected chi connectivity index (χ4v) is 3.60. The SMILES string of the molecule is Cc1cc2c(cc1Cl)CC(c1ccc(N3CCN(C)CC3)cc1)=N2. The Labute approximate surface area is 148 Å². The lowest BCUT2D eigenvalue weighted by molar-refractivity contribution is 0.313.